The quantitative estimate of drug-likeness (QED) is 0.843. The van der Waals surface area contributed by atoms with Crippen molar-refractivity contribution in [3.05, 3.63) is 42.2 Å². The second-order valence-corrected chi connectivity index (χ2v) is 4.13. The van der Waals surface area contributed by atoms with Gasteiger partial charge in [-0.3, -0.25) is 0 Å². The minimum absolute atomic E-state index is 0.0791. The molecular formula is C13H19N5. The van der Waals surface area contributed by atoms with Crippen LogP contribution in [0.1, 0.15) is 37.7 Å². The molecule has 96 valence electrons. The smallest absolute Gasteiger partial charge is 0.130 e. The second kappa shape index (κ2) is 6.26. The number of hydrogen-bond acceptors (Lipinski definition) is 4. The Balaban J connectivity index is 2.31. The van der Waals surface area contributed by atoms with E-state index in [1.165, 1.54) is 0 Å². The predicted octanol–water partition coefficient (Wildman–Crippen LogP) is 1.78. The van der Waals surface area contributed by atoms with Crippen molar-refractivity contribution in [3.63, 3.8) is 0 Å². The van der Waals surface area contributed by atoms with E-state index in [1.807, 2.05) is 18.5 Å². The van der Waals surface area contributed by atoms with Gasteiger partial charge in [0.05, 0.1) is 12.2 Å². The largest absolute Gasteiger partial charge is 0.334 e. The summed E-state index contributed by atoms with van der Waals surface area (Å²) in [7, 11) is 0. The number of imidazole rings is 1. The first-order chi connectivity index (χ1) is 8.86. The van der Waals surface area contributed by atoms with Crippen LogP contribution >= 0.6 is 0 Å². The average molecular weight is 245 g/mol. The van der Waals surface area contributed by atoms with Crippen LogP contribution in [-0.2, 0) is 6.54 Å². The molecule has 1 unspecified atom stereocenters. The van der Waals surface area contributed by atoms with Crippen LogP contribution in [0.25, 0.3) is 0 Å². The van der Waals surface area contributed by atoms with Crippen LogP contribution < -0.4 is 5.32 Å². The Morgan fingerprint density at radius 2 is 2.17 bits per heavy atom. The highest BCUT2D eigenvalue weighted by molar-refractivity contribution is 5.20. The van der Waals surface area contributed by atoms with Gasteiger partial charge in [0.15, 0.2) is 0 Å². The van der Waals surface area contributed by atoms with Gasteiger partial charge in [-0.2, -0.15) is 10.2 Å². The highest BCUT2D eigenvalue weighted by atomic mass is 15.1. The molecule has 0 aliphatic heterocycles. The summed E-state index contributed by atoms with van der Waals surface area (Å²) in [5, 5.41) is 11.3. The van der Waals surface area contributed by atoms with Gasteiger partial charge in [-0.05, 0) is 31.5 Å². The van der Waals surface area contributed by atoms with Gasteiger partial charge in [-0.25, -0.2) is 4.98 Å². The van der Waals surface area contributed by atoms with Crippen LogP contribution in [-0.4, -0.2) is 26.3 Å². The molecule has 0 spiro atoms. The first-order valence-corrected chi connectivity index (χ1v) is 6.37. The van der Waals surface area contributed by atoms with Crippen molar-refractivity contribution >= 4 is 0 Å². The molecule has 0 aromatic carbocycles. The van der Waals surface area contributed by atoms with E-state index in [-0.39, 0.29) is 6.04 Å². The summed E-state index contributed by atoms with van der Waals surface area (Å²) in [5.74, 6) is 1.03. The number of aryl methyl sites for hydroxylation is 1. The number of nitrogens with zero attached hydrogens (tertiary/aromatic N) is 4. The van der Waals surface area contributed by atoms with E-state index in [2.05, 4.69) is 38.9 Å². The van der Waals surface area contributed by atoms with Gasteiger partial charge in [-0.1, -0.05) is 6.92 Å². The van der Waals surface area contributed by atoms with Crippen LogP contribution in [0.4, 0.5) is 0 Å². The molecule has 0 saturated heterocycles. The summed E-state index contributed by atoms with van der Waals surface area (Å²) in [6.45, 7) is 6.13. The van der Waals surface area contributed by atoms with Crippen LogP contribution in [0.2, 0.25) is 0 Å². The molecule has 0 amide bonds. The van der Waals surface area contributed by atoms with Gasteiger partial charge in [0.25, 0.3) is 0 Å². The Morgan fingerprint density at radius 1 is 1.28 bits per heavy atom. The third kappa shape index (κ3) is 2.73. The Hall–Kier alpha value is -1.75. The lowest BCUT2D eigenvalue weighted by Crippen LogP contribution is -2.26. The van der Waals surface area contributed by atoms with Crippen molar-refractivity contribution in [1.82, 2.24) is 25.1 Å². The zero-order chi connectivity index (χ0) is 12.8. The van der Waals surface area contributed by atoms with Gasteiger partial charge in [0.2, 0.25) is 0 Å². The summed E-state index contributed by atoms with van der Waals surface area (Å²) in [5.41, 5.74) is 1.10. The molecule has 0 radical (unpaired) electrons. The topological polar surface area (TPSA) is 55.6 Å². The molecule has 0 saturated carbocycles. The number of nitrogens with one attached hydrogen (secondary N) is 1. The molecule has 0 aliphatic rings. The Morgan fingerprint density at radius 3 is 2.83 bits per heavy atom. The lowest BCUT2D eigenvalue weighted by atomic mass is 10.1. The fraction of sp³-hybridized carbons (Fsp3) is 0.462. The van der Waals surface area contributed by atoms with Crippen LogP contribution in [0.5, 0.6) is 0 Å². The monoisotopic (exact) mass is 245 g/mol. The molecule has 1 N–H and O–H groups in total. The third-order valence-electron chi connectivity index (χ3n) is 2.89. The maximum absolute atomic E-state index is 4.47. The lowest BCUT2D eigenvalue weighted by Gasteiger charge is -2.19. The number of hydrogen-bond donors (Lipinski definition) is 1. The second-order valence-electron chi connectivity index (χ2n) is 4.13. The molecule has 2 heterocycles. The van der Waals surface area contributed by atoms with Crippen molar-refractivity contribution < 1.29 is 0 Å². The van der Waals surface area contributed by atoms with E-state index >= 15 is 0 Å². The van der Waals surface area contributed by atoms with E-state index in [4.69, 9.17) is 0 Å². The zero-order valence-electron chi connectivity index (χ0n) is 10.9. The molecule has 2 aromatic heterocycles. The molecule has 18 heavy (non-hydrogen) atoms. The highest BCUT2D eigenvalue weighted by Gasteiger charge is 2.18. The number of aromatic nitrogens is 4. The van der Waals surface area contributed by atoms with E-state index in [0.717, 1.165) is 30.9 Å². The lowest BCUT2D eigenvalue weighted by molar-refractivity contribution is 0.539. The summed E-state index contributed by atoms with van der Waals surface area (Å²) in [4.78, 5) is 4.47. The van der Waals surface area contributed by atoms with Gasteiger partial charge in [-0.15, -0.1) is 0 Å². The molecule has 2 aromatic rings. The third-order valence-corrected chi connectivity index (χ3v) is 2.89. The van der Waals surface area contributed by atoms with Gasteiger partial charge >= 0.3 is 0 Å². The Kier molecular flexibility index (Phi) is 4.41. The van der Waals surface area contributed by atoms with Gasteiger partial charge in [0, 0.05) is 25.1 Å². The standard InChI is InChI=1S/C13H19N5/c1-3-6-14-12(11-5-7-16-17-10-11)13-15-8-9-18(13)4-2/h5,7-10,12,14H,3-4,6H2,1-2H3. The molecule has 0 bridgehead atoms. The first-order valence-electron chi connectivity index (χ1n) is 6.37. The number of rotatable bonds is 6. The maximum Gasteiger partial charge on any atom is 0.130 e. The molecule has 5 nitrogen and oxygen atoms in total. The van der Waals surface area contributed by atoms with Crippen LogP contribution in [0.15, 0.2) is 30.9 Å². The minimum atomic E-state index is 0.0791. The molecular weight excluding hydrogens is 226 g/mol. The Bertz CT molecular complexity index is 465. The van der Waals surface area contributed by atoms with Gasteiger partial charge < -0.3 is 9.88 Å². The van der Waals surface area contributed by atoms with E-state index < -0.39 is 0 Å². The zero-order valence-corrected chi connectivity index (χ0v) is 10.9. The SMILES string of the molecule is CCCNC(c1ccnnc1)c1nccn1CC. The predicted molar refractivity (Wildman–Crippen MR) is 70.1 cm³/mol. The van der Waals surface area contributed by atoms with E-state index in [0.29, 0.717) is 0 Å². The average Bonchev–Trinajstić information content (AvgIpc) is 2.89. The van der Waals surface area contributed by atoms with E-state index in [9.17, 15) is 0 Å². The molecule has 0 aliphatic carbocycles. The fourth-order valence-electron chi connectivity index (χ4n) is 1.97. The molecule has 1 atom stereocenters. The van der Waals surface area contributed by atoms with Crippen molar-refractivity contribution in [2.75, 3.05) is 6.54 Å². The highest BCUT2D eigenvalue weighted by Crippen LogP contribution is 2.19. The maximum atomic E-state index is 4.47. The van der Waals surface area contributed by atoms with E-state index in [1.54, 1.807) is 12.4 Å². The van der Waals surface area contributed by atoms with Crippen molar-refractivity contribution in [1.29, 1.82) is 0 Å². The minimum Gasteiger partial charge on any atom is -0.334 e. The first kappa shape index (κ1) is 12.7. The van der Waals surface area contributed by atoms with Crippen molar-refractivity contribution in [2.24, 2.45) is 0 Å². The summed E-state index contributed by atoms with van der Waals surface area (Å²) in [6.07, 6.45) is 8.44. The molecule has 2 rings (SSSR count). The summed E-state index contributed by atoms with van der Waals surface area (Å²) < 4.78 is 2.15. The molecule has 0 fully saturated rings. The summed E-state index contributed by atoms with van der Waals surface area (Å²) >= 11 is 0. The van der Waals surface area contributed by atoms with Crippen molar-refractivity contribution in [2.45, 2.75) is 32.9 Å². The normalized spacial score (nSPS) is 12.6. The molecule has 5 heteroatoms. The van der Waals surface area contributed by atoms with Crippen LogP contribution in [0.3, 0.4) is 0 Å². The van der Waals surface area contributed by atoms with Crippen molar-refractivity contribution in [3.8, 4) is 0 Å². The van der Waals surface area contributed by atoms with Gasteiger partial charge in [0.1, 0.15) is 5.82 Å². The van der Waals surface area contributed by atoms with Crippen LogP contribution in [0, 0.1) is 0 Å². The fourth-order valence-corrected chi connectivity index (χ4v) is 1.97. The Labute approximate surface area is 107 Å². The summed E-state index contributed by atoms with van der Waals surface area (Å²) in [6, 6.07) is 2.06.